The van der Waals surface area contributed by atoms with Gasteiger partial charge in [-0.15, -0.1) is 0 Å². The fourth-order valence-corrected chi connectivity index (χ4v) is 9.72. The fraction of sp³-hybridized carbons (Fsp3) is 0.610. The zero-order valence-corrected chi connectivity index (χ0v) is 32.8. The summed E-state index contributed by atoms with van der Waals surface area (Å²) < 4.78 is 9.49. The maximum atomic E-state index is 13.7. The van der Waals surface area contributed by atoms with Crippen molar-refractivity contribution in [3.8, 4) is 11.3 Å². The highest BCUT2D eigenvalue weighted by atomic mass is 16.5. The van der Waals surface area contributed by atoms with Crippen molar-refractivity contribution in [3.05, 3.63) is 59.6 Å². The van der Waals surface area contributed by atoms with E-state index in [0.29, 0.717) is 19.5 Å². The first-order chi connectivity index (χ1) is 26.5. The van der Waals surface area contributed by atoms with E-state index < -0.39 is 24.3 Å². The van der Waals surface area contributed by atoms with Gasteiger partial charge >= 0.3 is 12.2 Å². The molecular weight excluding hydrogens is 701 g/mol. The van der Waals surface area contributed by atoms with E-state index in [9.17, 15) is 19.2 Å². The second-order valence-electron chi connectivity index (χ2n) is 16.6. The Labute approximate surface area is 322 Å². The number of hydrogen-bond acceptors (Lipinski definition) is 8. The Balaban J connectivity index is 0.987. The van der Waals surface area contributed by atoms with Crippen LogP contribution in [-0.2, 0) is 29.9 Å². The van der Waals surface area contributed by atoms with Crippen LogP contribution < -0.4 is 10.6 Å². The molecule has 4 heterocycles. The minimum atomic E-state index is -0.677. The summed E-state index contributed by atoms with van der Waals surface area (Å²) in [4.78, 5) is 71.1. The van der Waals surface area contributed by atoms with Crippen molar-refractivity contribution in [2.45, 2.75) is 126 Å². The summed E-state index contributed by atoms with van der Waals surface area (Å²) in [5.41, 5.74) is 4.75. The lowest BCUT2D eigenvalue weighted by atomic mass is 9.51. The molecular formula is C41H56N8O6. The van der Waals surface area contributed by atoms with Gasteiger partial charge in [-0.25, -0.2) is 19.6 Å². The van der Waals surface area contributed by atoms with Crippen LogP contribution in [0.4, 0.5) is 9.59 Å². The summed E-state index contributed by atoms with van der Waals surface area (Å²) in [6.07, 6.45) is 13.1. The Kier molecular flexibility index (Phi) is 11.0. The maximum absolute atomic E-state index is 13.7. The molecule has 3 aromatic rings. The molecule has 1 unspecified atom stereocenters. The SMILES string of the molecule is COC(=O)NC(C)C(=O)N1CCC[C@H]1c1ncc(C23CCC(c4ccc(-c5cnc([C@@H]6CCCN6C(=O)[C@H](CC(C)C)NC(=O)OC)[nH]5)cc4)(CC2)CC3)[nH]1. The number of imidazole rings is 2. The quantitative estimate of drug-likeness (QED) is 0.179. The van der Waals surface area contributed by atoms with Crippen LogP contribution in [0.5, 0.6) is 0 Å². The van der Waals surface area contributed by atoms with Gasteiger partial charge in [0, 0.05) is 30.4 Å². The van der Waals surface area contributed by atoms with Gasteiger partial charge < -0.3 is 39.9 Å². The predicted molar refractivity (Wildman–Crippen MR) is 205 cm³/mol. The third-order valence-corrected chi connectivity index (χ3v) is 12.9. The number of likely N-dealkylation sites (tertiary alicyclic amines) is 2. The average Bonchev–Trinajstić information content (AvgIpc) is 4.04. The van der Waals surface area contributed by atoms with Crippen molar-refractivity contribution in [3.63, 3.8) is 0 Å². The lowest BCUT2D eigenvalue weighted by Gasteiger charge is -2.53. The van der Waals surface area contributed by atoms with Crippen LogP contribution in [0, 0.1) is 5.92 Å². The molecule has 4 N–H and O–H groups in total. The van der Waals surface area contributed by atoms with Gasteiger partial charge in [0.05, 0.1) is 38.2 Å². The van der Waals surface area contributed by atoms with Gasteiger partial charge in [0.15, 0.2) is 0 Å². The molecule has 4 amide bonds. The van der Waals surface area contributed by atoms with Crippen LogP contribution in [0.3, 0.4) is 0 Å². The highest BCUT2D eigenvalue weighted by Crippen LogP contribution is 2.58. The third-order valence-electron chi connectivity index (χ3n) is 12.9. The number of carbonyl (C=O) groups excluding carboxylic acids is 4. The average molecular weight is 757 g/mol. The molecule has 4 atom stereocenters. The highest BCUT2D eigenvalue weighted by Gasteiger charge is 2.51. The predicted octanol–water partition coefficient (Wildman–Crippen LogP) is 6.19. The Morgan fingerprint density at radius 3 is 1.91 bits per heavy atom. The minimum absolute atomic E-state index is 0.0616. The van der Waals surface area contributed by atoms with Crippen LogP contribution in [0.2, 0.25) is 0 Å². The number of fused-ring (bicyclic) bond motifs is 3. The van der Waals surface area contributed by atoms with Gasteiger partial charge in [-0.2, -0.15) is 0 Å². The molecule has 3 saturated carbocycles. The molecule has 5 fully saturated rings. The van der Waals surface area contributed by atoms with Crippen molar-refractivity contribution in [1.82, 2.24) is 40.4 Å². The number of amides is 4. The number of benzene rings is 1. The van der Waals surface area contributed by atoms with E-state index >= 15 is 0 Å². The number of H-pyrrole nitrogens is 2. The zero-order valence-electron chi connectivity index (χ0n) is 32.8. The van der Waals surface area contributed by atoms with Gasteiger partial charge in [0.25, 0.3) is 0 Å². The van der Waals surface area contributed by atoms with Gasteiger partial charge in [0.1, 0.15) is 23.7 Å². The number of aromatic nitrogens is 4. The number of carbonyl (C=O) groups is 4. The van der Waals surface area contributed by atoms with Crippen LogP contribution in [-0.4, -0.2) is 93.1 Å². The van der Waals surface area contributed by atoms with Gasteiger partial charge in [0.2, 0.25) is 11.8 Å². The number of nitrogens with zero attached hydrogens (tertiary/aromatic N) is 4. The first-order valence-electron chi connectivity index (χ1n) is 20.0. The van der Waals surface area contributed by atoms with Crippen LogP contribution in [0.15, 0.2) is 36.7 Å². The number of rotatable bonds is 11. The first kappa shape index (κ1) is 38.4. The summed E-state index contributed by atoms with van der Waals surface area (Å²) in [6.45, 7) is 7.01. The topological polar surface area (TPSA) is 175 Å². The maximum Gasteiger partial charge on any atom is 0.407 e. The molecule has 0 spiro atoms. The van der Waals surface area contributed by atoms with E-state index in [4.69, 9.17) is 14.7 Å². The van der Waals surface area contributed by atoms with Gasteiger partial charge in [-0.3, -0.25) is 9.59 Å². The monoisotopic (exact) mass is 756 g/mol. The number of hydrogen-bond donors (Lipinski definition) is 4. The van der Waals surface area contributed by atoms with Gasteiger partial charge in [-0.05, 0) is 100 Å². The van der Waals surface area contributed by atoms with Crippen molar-refractivity contribution in [2.75, 3.05) is 27.3 Å². The number of aromatic amines is 2. The summed E-state index contributed by atoms with van der Waals surface area (Å²) >= 11 is 0. The Morgan fingerprint density at radius 2 is 1.31 bits per heavy atom. The van der Waals surface area contributed by atoms with Crippen LogP contribution in [0.25, 0.3) is 11.3 Å². The molecule has 8 rings (SSSR count). The summed E-state index contributed by atoms with van der Waals surface area (Å²) in [6, 6.07) is 7.30. The molecule has 0 radical (unpaired) electrons. The van der Waals surface area contributed by atoms with Crippen molar-refractivity contribution < 1.29 is 28.7 Å². The molecule has 14 nitrogen and oxygen atoms in total. The van der Waals surface area contributed by atoms with Crippen molar-refractivity contribution in [1.29, 1.82) is 0 Å². The second kappa shape index (κ2) is 15.7. The normalized spacial score (nSPS) is 25.9. The molecule has 296 valence electrons. The molecule has 2 aliphatic heterocycles. The summed E-state index contributed by atoms with van der Waals surface area (Å²) in [5.74, 6) is 1.59. The Hall–Kier alpha value is -4.88. The molecule has 2 aromatic heterocycles. The van der Waals surface area contributed by atoms with E-state index in [1.165, 1.54) is 25.5 Å². The fourth-order valence-electron chi connectivity index (χ4n) is 9.72. The van der Waals surface area contributed by atoms with Crippen molar-refractivity contribution >= 4 is 24.0 Å². The lowest BCUT2D eigenvalue weighted by Crippen LogP contribution is -2.49. The van der Waals surface area contributed by atoms with E-state index in [2.05, 4.69) is 49.6 Å². The Morgan fingerprint density at radius 1 is 0.764 bits per heavy atom. The lowest BCUT2D eigenvalue weighted by molar-refractivity contribution is -0.135. The standard InChI is InChI=1S/C41H56N8O6/c1-25(2)22-29(46-39(53)55-5)37(51)49-21-7-8-31(49)34-42-23-30(45-34)27-10-12-28(13-11-27)40-14-17-41(18-15-40,19-16-40)33-24-43-35(47-33)32-9-6-20-48(32)36(50)26(3)44-38(52)54-4/h10-13,23-26,29,31-32H,6-9,14-22H2,1-5H3,(H,42,45)(H,43,47)(H,44,52)(H,46,53)/t26?,29-,31-,32-,40?,41?/m0/s1. The van der Waals surface area contributed by atoms with E-state index in [-0.39, 0.29) is 40.6 Å². The molecule has 1 aromatic carbocycles. The molecule has 2 saturated heterocycles. The summed E-state index contributed by atoms with van der Waals surface area (Å²) in [7, 11) is 2.60. The first-order valence-corrected chi connectivity index (χ1v) is 20.0. The van der Waals surface area contributed by atoms with E-state index in [0.717, 1.165) is 87.1 Å². The minimum Gasteiger partial charge on any atom is -0.453 e. The zero-order chi connectivity index (χ0) is 38.9. The summed E-state index contributed by atoms with van der Waals surface area (Å²) in [5, 5.41) is 5.35. The van der Waals surface area contributed by atoms with E-state index in [1.54, 1.807) is 6.92 Å². The smallest absolute Gasteiger partial charge is 0.407 e. The van der Waals surface area contributed by atoms with E-state index in [1.807, 2.05) is 36.0 Å². The number of ether oxygens (including phenoxy) is 2. The highest BCUT2D eigenvalue weighted by molar-refractivity contribution is 5.86. The second-order valence-corrected chi connectivity index (χ2v) is 16.6. The van der Waals surface area contributed by atoms with Gasteiger partial charge in [-0.1, -0.05) is 38.1 Å². The Bertz CT molecular complexity index is 1840. The number of methoxy groups -OCH3 is 2. The van der Waals surface area contributed by atoms with Crippen LogP contribution in [0.1, 0.15) is 126 Å². The molecule has 3 aliphatic carbocycles. The largest absolute Gasteiger partial charge is 0.453 e. The molecule has 14 heteroatoms. The number of alkyl carbamates (subject to hydrolysis) is 2. The molecule has 2 bridgehead atoms. The number of nitrogens with one attached hydrogen (secondary N) is 4. The van der Waals surface area contributed by atoms with Crippen molar-refractivity contribution in [2.24, 2.45) is 5.92 Å². The third kappa shape index (κ3) is 7.56. The molecule has 55 heavy (non-hydrogen) atoms. The molecule has 5 aliphatic rings. The van der Waals surface area contributed by atoms with Crippen LogP contribution >= 0.6 is 0 Å².